The molecular formula is C9H14N4O2S. The van der Waals surface area contributed by atoms with Gasteiger partial charge in [-0.25, -0.2) is 13.4 Å². The average molecular weight is 242 g/mol. The lowest BCUT2D eigenvalue weighted by atomic mass is 10.2. The Balaban J connectivity index is 2.05. The minimum Gasteiger partial charge on any atom is -0.368 e. The summed E-state index contributed by atoms with van der Waals surface area (Å²) in [6, 6.07) is 1.60. The van der Waals surface area contributed by atoms with Gasteiger partial charge >= 0.3 is 0 Å². The van der Waals surface area contributed by atoms with Crippen LogP contribution in [0.15, 0.2) is 12.3 Å². The van der Waals surface area contributed by atoms with E-state index in [9.17, 15) is 8.42 Å². The first-order chi connectivity index (χ1) is 7.55. The average Bonchev–Trinajstić information content (AvgIpc) is 2.15. The highest BCUT2D eigenvalue weighted by Crippen LogP contribution is 2.16. The zero-order chi connectivity index (χ0) is 11.6. The molecule has 16 heavy (non-hydrogen) atoms. The molecule has 0 aromatic carbocycles. The largest absolute Gasteiger partial charge is 0.368 e. The summed E-state index contributed by atoms with van der Waals surface area (Å²) in [5.74, 6) is 1.21. The molecule has 3 N–H and O–H groups in total. The van der Waals surface area contributed by atoms with Crippen LogP contribution < -0.4 is 11.1 Å². The Bertz CT molecular complexity index is 474. The molecule has 1 aromatic rings. The van der Waals surface area contributed by atoms with E-state index in [1.807, 2.05) is 0 Å². The third-order valence-electron chi connectivity index (χ3n) is 2.49. The Hall–Kier alpha value is -1.37. The van der Waals surface area contributed by atoms with E-state index in [0.717, 1.165) is 6.42 Å². The molecule has 0 radical (unpaired) electrons. The number of aromatic nitrogens is 2. The molecule has 0 spiro atoms. The highest BCUT2D eigenvalue weighted by Gasteiger charge is 2.24. The normalized spacial score (nSPS) is 23.9. The lowest BCUT2D eigenvalue weighted by Crippen LogP contribution is -2.35. The van der Waals surface area contributed by atoms with Crippen LogP contribution >= 0.6 is 0 Å². The zero-order valence-corrected chi connectivity index (χ0v) is 9.57. The maximum atomic E-state index is 11.4. The van der Waals surface area contributed by atoms with Crippen molar-refractivity contribution in [3.8, 4) is 0 Å². The monoisotopic (exact) mass is 242 g/mol. The second-order valence-electron chi connectivity index (χ2n) is 3.90. The zero-order valence-electron chi connectivity index (χ0n) is 8.76. The van der Waals surface area contributed by atoms with Crippen molar-refractivity contribution in [3.05, 3.63) is 12.3 Å². The molecular weight excluding hydrogens is 228 g/mol. The van der Waals surface area contributed by atoms with E-state index in [-0.39, 0.29) is 23.5 Å². The van der Waals surface area contributed by atoms with E-state index in [1.54, 1.807) is 12.3 Å². The molecule has 1 aromatic heterocycles. The molecule has 7 heteroatoms. The lowest BCUT2D eigenvalue weighted by Gasteiger charge is -2.23. The van der Waals surface area contributed by atoms with Gasteiger partial charge in [0.05, 0.1) is 11.5 Å². The number of sulfone groups is 1. The number of nitrogens with one attached hydrogen (secondary N) is 1. The van der Waals surface area contributed by atoms with Crippen LogP contribution in [-0.2, 0) is 9.84 Å². The van der Waals surface area contributed by atoms with Gasteiger partial charge in [-0.3, -0.25) is 0 Å². The summed E-state index contributed by atoms with van der Waals surface area (Å²) in [7, 11) is -2.90. The van der Waals surface area contributed by atoms with Gasteiger partial charge in [0.25, 0.3) is 0 Å². The second kappa shape index (κ2) is 4.25. The standard InChI is InChI=1S/C9H14N4O2S/c10-9-11-4-3-8(13-9)12-7-2-1-5-16(14,15)6-7/h3-4,7H,1-2,5-6H2,(H3,10,11,12,13). The van der Waals surface area contributed by atoms with Crippen LogP contribution in [0.25, 0.3) is 0 Å². The number of nitrogens with zero attached hydrogens (tertiary/aromatic N) is 2. The molecule has 0 bridgehead atoms. The van der Waals surface area contributed by atoms with Crippen LogP contribution in [0.4, 0.5) is 11.8 Å². The maximum Gasteiger partial charge on any atom is 0.221 e. The van der Waals surface area contributed by atoms with Crippen LogP contribution in [0.5, 0.6) is 0 Å². The second-order valence-corrected chi connectivity index (χ2v) is 6.13. The fraction of sp³-hybridized carbons (Fsp3) is 0.556. The molecule has 2 rings (SSSR count). The summed E-state index contributed by atoms with van der Waals surface area (Å²) in [5, 5.41) is 3.07. The maximum absolute atomic E-state index is 11.4. The minimum atomic E-state index is -2.90. The van der Waals surface area contributed by atoms with Gasteiger partial charge in [-0.2, -0.15) is 4.98 Å². The van der Waals surface area contributed by atoms with Crippen LogP contribution in [0.3, 0.4) is 0 Å². The van der Waals surface area contributed by atoms with Crippen molar-refractivity contribution in [2.45, 2.75) is 18.9 Å². The number of hydrogen-bond acceptors (Lipinski definition) is 6. The molecule has 2 heterocycles. The molecule has 1 fully saturated rings. The first-order valence-corrected chi connectivity index (χ1v) is 6.93. The van der Waals surface area contributed by atoms with Gasteiger partial charge in [-0.05, 0) is 18.9 Å². The molecule has 1 saturated heterocycles. The summed E-state index contributed by atoms with van der Waals surface area (Å²) >= 11 is 0. The minimum absolute atomic E-state index is 0.0759. The Kier molecular flexibility index (Phi) is 2.95. The number of rotatable bonds is 2. The SMILES string of the molecule is Nc1nccc(NC2CCCS(=O)(=O)C2)n1. The van der Waals surface area contributed by atoms with Crippen molar-refractivity contribution in [3.63, 3.8) is 0 Å². The Morgan fingerprint density at radius 1 is 1.50 bits per heavy atom. The van der Waals surface area contributed by atoms with E-state index < -0.39 is 9.84 Å². The van der Waals surface area contributed by atoms with E-state index in [0.29, 0.717) is 12.2 Å². The molecule has 0 saturated carbocycles. The molecule has 88 valence electrons. The van der Waals surface area contributed by atoms with Crippen molar-refractivity contribution < 1.29 is 8.42 Å². The smallest absolute Gasteiger partial charge is 0.221 e. The third kappa shape index (κ3) is 2.82. The summed E-state index contributed by atoms with van der Waals surface area (Å²) in [6.07, 6.45) is 3.08. The molecule has 1 aliphatic rings. The fourth-order valence-electron chi connectivity index (χ4n) is 1.80. The predicted octanol–water partition coefficient (Wildman–Crippen LogP) is 0.0479. The van der Waals surface area contributed by atoms with Gasteiger partial charge in [-0.1, -0.05) is 0 Å². The number of anilines is 2. The van der Waals surface area contributed by atoms with Crippen molar-refractivity contribution in [1.29, 1.82) is 0 Å². The molecule has 0 aliphatic carbocycles. The van der Waals surface area contributed by atoms with Gasteiger partial charge in [0.1, 0.15) is 5.82 Å². The topological polar surface area (TPSA) is 98.0 Å². The van der Waals surface area contributed by atoms with E-state index in [2.05, 4.69) is 15.3 Å². The predicted molar refractivity (Wildman–Crippen MR) is 61.7 cm³/mol. The summed E-state index contributed by atoms with van der Waals surface area (Å²) in [6.45, 7) is 0. The van der Waals surface area contributed by atoms with Gasteiger partial charge < -0.3 is 11.1 Å². The quantitative estimate of drug-likeness (QED) is 0.760. The summed E-state index contributed by atoms with van der Waals surface area (Å²) in [5.41, 5.74) is 5.44. The first kappa shape index (κ1) is 11.1. The van der Waals surface area contributed by atoms with Crippen LogP contribution in [0, 0.1) is 0 Å². The Labute approximate surface area is 94.2 Å². The van der Waals surface area contributed by atoms with E-state index in [4.69, 9.17) is 5.73 Å². The summed E-state index contributed by atoms with van der Waals surface area (Å²) < 4.78 is 22.8. The molecule has 6 nitrogen and oxygen atoms in total. The number of nitrogens with two attached hydrogens (primary N) is 1. The van der Waals surface area contributed by atoms with Crippen LogP contribution in [-0.4, -0.2) is 35.9 Å². The molecule has 1 atom stereocenters. The van der Waals surface area contributed by atoms with Gasteiger partial charge in [0.15, 0.2) is 9.84 Å². The summed E-state index contributed by atoms with van der Waals surface area (Å²) in [4.78, 5) is 7.75. The molecule has 1 unspecified atom stereocenters. The number of nitrogen functional groups attached to an aromatic ring is 1. The van der Waals surface area contributed by atoms with Crippen molar-refractivity contribution in [1.82, 2.24) is 9.97 Å². The van der Waals surface area contributed by atoms with Crippen LogP contribution in [0.2, 0.25) is 0 Å². The van der Waals surface area contributed by atoms with Crippen molar-refractivity contribution >= 4 is 21.6 Å². The lowest BCUT2D eigenvalue weighted by molar-refractivity contribution is 0.561. The molecule has 0 amide bonds. The number of hydrogen-bond donors (Lipinski definition) is 2. The first-order valence-electron chi connectivity index (χ1n) is 5.11. The van der Waals surface area contributed by atoms with Crippen LogP contribution in [0.1, 0.15) is 12.8 Å². The Morgan fingerprint density at radius 3 is 3.00 bits per heavy atom. The van der Waals surface area contributed by atoms with Crippen molar-refractivity contribution in [2.24, 2.45) is 0 Å². The highest BCUT2D eigenvalue weighted by molar-refractivity contribution is 7.91. The van der Waals surface area contributed by atoms with Gasteiger partial charge in [0.2, 0.25) is 5.95 Å². The van der Waals surface area contributed by atoms with E-state index in [1.165, 1.54) is 0 Å². The third-order valence-corrected chi connectivity index (χ3v) is 4.31. The Morgan fingerprint density at radius 2 is 2.31 bits per heavy atom. The fourth-order valence-corrected chi connectivity index (χ4v) is 3.44. The highest BCUT2D eigenvalue weighted by atomic mass is 32.2. The van der Waals surface area contributed by atoms with E-state index >= 15 is 0 Å². The molecule has 1 aliphatic heterocycles. The van der Waals surface area contributed by atoms with Gasteiger partial charge in [0, 0.05) is 12.2 Å². The van der Waals surface area contributed by atoms with Gasteiger partial charge in [-0.15, -0.1) is 0 Å². The van der Waals surface area contributed by atoms with Crippen molar-refractivity contribution in [2.75, 3.05) is 22.6 Å².